The zero-order valence-electron chi connectivity index (χ0n) is 16.0. The first-order chi connectivity index (χ1) is 14.7. The predicted octanol–water partition coefficient (Wildman–Crippen LogP) is 4.08. The Morgan fingerprint density at radius 1 is 1.03 bits per heavy atom. The Balaban J connectivity index is 1.29. The Kier molecular flexibility index (Phi) is 4.72. The number of imidazole rings is 1. The van der Waals surface area contributed by atoms with Gasteiger partial charge in [0.1, 0.15) is 12.2 Å². The molecular weight excluding hydrogens is 396 g/mol. The van der Waals surface area contributed by atoms with Crippen LogP contribution < -0.4 is 10.2 Å². The van der Waals surface area contributed by atoms with Crippen LogP contribution in [0.2, 0.25) is 0 Å². The van der Waals surface area contributed by atoms with Crippen molar-refractivity contribution in [3.63, 3.8) is 0 Å². The van der Waals surface area contributed by atoms with Gasteiger partial charge in [-0.1, -0.05) is 30.3 Å². The SMILES string of the molecule is O=C(CN1C(=O)CSc2ccccc21)Nc1ccc(-c2cn3ccccc3n2)cc1. The lowest BCUT2D eigenvalue weighted by molar-refractivity contribution is -0.120. The van der Waals surface area contributed by atoms with Crippen LogP contribution in [0.4, 0.5) is 11.4 Å². The molecule has 0 unspecified atom stereocenters. The van der Waals surface area contributed by atoms with E-state index in [4.69, 9.17) is 0 Å². The molecule has 1 aliphatic rings. The molecule has 1 aliphatic heterocycles. The highest BCUT2D eigenvalue weighted by molar-refractivity contribution is 8.00. The van der Waals surface area contributed by atoms with Crippen molar-refractivity contribution < 1.29 is 9.59 Å². The first-order valence-corrected chi connectivity index (χ1v) is 10.5. The van der Waals surface area contributed by atoms with Crippen LogP contribution in [0.1, 0.15) is 0 Å². The number of rotatable bonds is 4. The van der Waals surface area contributed by atoms with Crippen molar-refractivity contribution in [3.05, 3.63) is 79.1 Å². The molecule has 30 heavy (non-hydrogen) atoms. The third-order valence-electron chi connectivity index (χ3n) is 4.94. The van der Waals surface area contributed by atoms with Crippen molar-refractivity contribution >= 4 is 40.6 Å². The Labute approximate surface area is 177 Å². The standard InChI is InChI=1S/C23H18N4O2S/c28-22(14-27-19-5-1-2-6-20(19)30-15-23(27)29)24-17-10-8-16(9-11-17)18-13-26-12-4-3-7-21(26)25-18/h1-13H,14-15H2,(H,24,28). The number of nitrogens with one attached hydrogen (secondary N) is 1. The highest BCUT2D eigenvalue weighted by Crippen LogP contribution is 2.34. The van der Waals surface area contributed by atoms with Crippen LogP contribution in [0.3, 0.4) is 0 Å². The van der Waals surface area contributed by atoms with E-state index in [0.717, 1.165) is 27.5 Å². The van der Waals surface area contributed by atoms with Crippen LogP contribution in [-0.4, -0.2) is 33.5 Å². The molecule has 0 bridgehead atoms. The summed E-state index contributed by atoms with van der Waals surface area (Å²) in [6.45, 7) is -0.00933. The molecule has 0 saturated carbocycles. The summed E-state index contributed by atoms with van der Waals surface area (Å²) in [5.41, 5.74) is 4.19. The maximum absolute atomic E-state index is 12.6. The van der Waals surface area contributed by atoms with Crippen LogP contribution in [0.25, 0.3) is 16.9 Å². The number of hydrogen-bond acceptors (Lipinski definition) is 4. The van der Waals surface area contributed by atoms with E-state index in [1.807, 2.05) is 83.5 Å². The number of fused-ring (bicyclic) bond motifs is 2. The van der Waals surface area contributed by atoms with Gasteiger partial charge < -0.3 is 14.6 Å². The number of nitrogens with zero attached hydrogens (tertiary/aromatic N) is 3. The van der Waals surface area contributed by atoms with Gasteiger partial charge in [0.15, 0.2) is 0 Å². The number of carbonyl (C=O) groups is 2. The van der Waals surface area contributed by atoms with Gasteiger partial charge in [-0.05, 0) is 36.4 Å². The fourth-order valence-electron chi connectivity index (χ4n) is 3.47. The zero-order chi connectivity index (χ0) is 20.5. The van der Waals surface area contributed by atoms with Crippen LogP contribution in [0.15, 0.2) is 84.0 Å². The molecular formula is C23H18N4O2S. The van der Waals surface area contributed by atoms with E-state index in [0.29, 0.717) is 11.4 Å². The van der Waals surface area contributed by atoms with Crippen molar-refractivity contribution in [2.45, 2.75) is 4.90 Å². The van der Waals surface area contributed by atoms with Crippen molar-refractivity contribution in [2.75, 3.05) is 22.5 Å². The second-order valence-electron chi connectivity index (χ2n) is 6.95. The minimum atomic E-state index is -0.231. The van der Waals surface area contributed by atoms with E-state index in [-0.39, 0.29) is 18.4 Å². The van der Waals surface area contributed by atoms with Gasteiger partial charge in [-0.15, -0.1) is 11.8 Å². The second-order valence-corrected chi connectivity index (χ2v) is 7.97. The summed E-state index contributed by atoms with van der Waals surface area (Å²) < 4.78 is 1.97. The molecule has 0 fully saturated rings. The molecule has 1 N–H and O–H groups in total. The van der Waals surface area contributed by atoms with E-state index in [9.17, 15) is 9.59 Å². The van der Waals surface area contributed by atoms with Gasteiger partial charge >= 0.3 is 0 Å². The molecule has 5 rings (SSSR count). The van der Waals surface area contributed by atoms with E-state index in [2.05, 4.69) is 10.3 Å². The molecule has 2 aromatic heterocycles. The summed E-state index contributed by atoms with van der Waals surface area (Å²) in [7, 11) is 0. The van der Waals surface area contributed by atoms with E-state index >= 15 is 0 Å². The lowest BCUT2D eigenvalue weighted by Gasteiger charge is -2.28. The molecule has 0 radical (unpaired) electrons. The number of carbonyl (C=O) groups excluding carboxylic acids is 2. The molecule has 0 spiro atoms. The van der Waals surface area contributed by atoms with Gasteiger partial charge in [-0.3, -0.25) is 9.59 Å². The summed E-state index contributed by atoms with van der Waals surface area (Å²) in [4.78, 5) is 32.1. The average Bonchev–Trinajstić information content (AvgIpc) is 3.20. The largest absolute Gasteiger partial charge is 0.325 e. The summed E-state index contributed by atoms with van der Waals surface area (Å²) >= 11 is 1.50. The fourth-order valence-corrected chi connectivity index (χ4v) is 4.41. The molecule has 2 amide bonds. The van der Waals surface area contributed by atoms with Gasteiger partial charge in [0.05, 0.1) is 17.1 Å². The molecule has 7 heteroatoms. The van der Waals surface area contributed by atoms with E-state index in [1.165, 1.54) is 11.8 Å². The van der Waals surface area contributed by atoms with Crippen LogP contribution in [0.5, 0.6) is 0 Å². The predicted molar refractivity (Wildman–Crippen MR) is 119 cm³/mol. The summed E-state index contributed by atoms with van der Waals surface area (Å²) in [5, 5.41) is 2.88. The fraction of sp³-hybridized carbons (Fsp3) is 0.0870. The van der Waals surface area contributed by atoms with E-state index in [1.54, 1.807) is 4.90 Å². The van der Waals surface area contributed by atoms with Crippen molar-refractivity contribution in [3.8, 4) is 11.3 Å². The lowest BCUT2D eigenvalue weighted by atomic mass is 10.1. The number of para-hydroxylation sites is 1. The van der Waals surface area contributed by atoms with Gasteiger partial charge in [-0.2, -0.15) is 0 Å². The minimum absolute atomic E-state index is 0.00933. The normalized spacial score (nSPS) is 13.3. The second kappa shape index (κ2) is 7.68. The summed E-state index contributed by atoms with van der Waals surface area (Å²) in [5.74, 6) is 0.0550. The third-order valence-corrected chi connectivity index (χ3v) is 5.99. The Hall–Kier alpha value is -3.58. The quantitative estimate of drug-likeness (QED) is 0.547. The highest BCUT2D eigenvalue weighted by atomic mass is 32.2. The number of pyridine rings is 1. The zero-order valence-corrected chi connectivity index (χ0v) is 16.8. The smallest absolute Gasteiger partial charge is 0.244 e. The van der Waals surface area contributed by atoms with Gasteiger partial charge in [0.2, 0.25) is 11.8 Å². The number of amides is 2. The van der Waals surface area contributed by atoms with Gasteiger partial charge in [0.25, 0.3) is 0 Å². The van der Waals surface area contributed by atoms with Gasteiger partial charge in [0, 0.05) is 28.5 Å². The Morgan fingerprint density at radius 2 is 1.83 bits per heavy atom. The maximum atomic E-state index is 12.6. The number of thioether (sulfide) groups is 1. The molecule has 6 nitrogen and oxygen atoms in total. The van der Waals surface area contributed by atoms with E-state index < -0.39 is 0 Å². The molecule has 2 aromatic carbocycles. The van der Waals surface area contributed by atoms with Crippen molar-refractivity contribution in [1.82, 2.24) is 9.38 Å². The lowest BCUT2D eigenvalue weighted by Crippen LogP contribution is -2.41. The number of anilines is 2. The minimum Gasteiger partial charge on any atom is -0.325 e. The van der Waals surface area contributed by atoms with Crippen molar-refractivity contribution in [2.24, 2.45) is 0 Å². The number of benzene rings is 2. The molecule has 0 aliphatic carbocycles. The molecule has 0 saturated heterocycles. The number of aromatic nitrogens is 2. The number of hydrogen-bond donors (Lipinski definition) is 1. The summed E-state index contributed by atoms with van der Waals surface area (Å²) in [6, 6.07) is 21.1. The van der Waals surface area contributed by atoms with Crippen LogP contribution in [0, 0.1) is 0 Å². The average molecular weight is 414 g/mol. The summed E-state index contributed by atoms with van der Waals surface area (Å²) in [6.07, 6.45) is 3.93. The highest BCUT2D eigenvalue weighted by Gasteiger charge is 2.26. The van der Waals surface area contributed by atoms with Crippen LogP contribution >= 0.6 is 11.8 Å². The van der Waals surface area contributed by atoms with Crippen LogP contribution in [-0.2, 0) is 9.59 Å². The first kappa shape index (κ1) is 18.4. The third kappa shape index (κ3) is 3.55. The Bertz CT molecular complexity index is 1220. The molecule has 3 heterocycles. The first-order valence-electron chi connectivity index (χ1n) is 9.53. The monoisotopic (exact) mass is 414 g/mol. The van der Waals surface area contributed by atoms with Gasteiger partial charge in [-0.25, -0.2) is 4.98 Å². The maximum Gasteiger partial charge on any atom is 0.244 e. The molecule has 4 aromatic rings. The molecule has 148 valence electrons. The topological polar surface area (TPSA) is 66.7 Å². The molecule has 0 atom stereocenters. The Morgan fingerprint density at radius 3 is 2.67 bits per heavy atom. The van der Waals surface area contributed by atoms with Crippen molar-refractivity contribution in [1.29, 1.82) is 0 Å².